The fourth-order valence-corrected chi connectivity index (χ4v) is 6.62. The zero-order valence-corrected chi connectivity index (χ0v) is 31.6. The summed E-state index contributed by atoms with van der Waals surface area (Å²) in [7, 11) is 0. The molecule has 2 N–H and O–H groups in total. The van der Waals surface area contributed by atoms with E-state index in [9.17, 15) is 19.2 Å². The van der Waals surface area contributed by atoms with Crippen molar-refractivity contribution in [3.8, 4) is 11.1 Å². The lowest BCUT2D eigenvalue weighted by atomic mass is 9.74. The van der Waals surface area contributed by atoms with E-state index in [-0.39, 0.29) is 34.9 Å². The van der Waals surface area contributed by atoms with E-state index in [1.165, 1.54) is 22.3 Å². The monoisotopic (exact) mass is 676 g/mol. The molecular formula is C41H60N2O6. The van der Waals surface area contributed by atoms with Crippen LogP contribution < -0.4 is 10.6 Å². The van der Waals surface area contributed by atoms with E-state index >= 15 is 0 Å². The van der Waals surface area contributed by atoms with Gasteiger partial charge in [-0.05, 0) is 73.1 Å². The van der Waals surface area contributed by atoms with Gasteiger partial charge >= 0.3 is 12.2 Å². The van der Waals surface area contributed by atoms with Crippen LogP contribution >= 0.6 is 0 Å². The third-order valence-corrected chi connectivity index (χ3v) is 8.81. The number of alkyl carbamates (subject to hydrolysis) is 2. The summed E-state index contributed by atoms with van der Waals surface area (Å²) in [6.45, 7) is 19.7. The van der Waals surface area contributed by atoms with Gasteiger partial charge in [0.2, 0.25) is 0 Å². The second-order valence-corrected chi connectivity index (χ2v) is 17.1. The molecule has 0 heterocycles. The highest BCUT2D eigenvalue weighted by atomic mass is 16.6. The quantitative estimate of drug-likeness (QED) is 0.274. The molecule has 2 aliphatic carbocycles. The number of Topliss-reactive ketones (excluding diaryl/α,β-unsaturated/α-hetero) is 2. The maximum atomic E-state index is 13.2. The molecule has 2 aliphatic rings. The molecule has 1 unspecified atom stereocenters. The van der Waals surface area contributed by atoms with E-state index in [2.05, 4.69) is 55.7 Å². The number of hydrogen-bond acceptors (Lipinski definition) is 6. The number of amides is 2. The van der Waals surface area contributed by atoms with Crippen molar-refractivity contribution in [1.29, 1.82) is 0 Å². The Morgan fingerprint density at radius 1 is 0.755 bits per heavy atom. The average molecular weight is 677 g/mol. The van der Waals surface area contributed by atoms with E-state index in [1.807, 2.05) is 52.0 Å². The lowest BCUT2D eigenvalue weighted by molar-refractivity contribution is -0.128. The van der Waals surface area contributed by atoms with Crippen LogP contribution in [0.5, 0.6) is 0 Å². The van der Waals surface area contributed by atoms with Crippen molar-refractivity contribution >= 4 is 23.8 Å². The summed E-state index contributed by atoms with van der Waals surface area (Å²) in [5.74, 6) is 0.204. The molecule has 270 valence electrons. The Morgan fingerprint density at radius 2 is 1.27 bits per heavy atom. The molecule has 8 heteroatoms. The summed E-state index contributed by atoms with van der Waals surface area (Å²) in [6, 6.07) is 16.1. The summed E-state index contributed by atoms with van der Waals surface area (Å²) in [5.41, 5.74) is 3.28. The number of nitrogens with one attached hydrogen (secondary N) is 2. The van der Waals surface area contributed by atoms with Gasteiger partial charge < -0.3 is 20.1 Å². The van der Waals surface area contributed by atoms with Crippen LogP contribution in [0.3, 0.4) is 0 Å². The van der Waals surface area contributed by atoms with E-state index in [1.54, 1.807) is 20.8 Å². The van der Waals surface area contributed by atoms with Crippen molar-refractivity contribution in [1.82, 2.24) is 10.6 Å². The predicted molar refractivity (Wildman–Crippen MR) is 196 cm³/mol. The fourth-order valence-electron chi connectivity index (χ4n) is 6.62. The van der Waals surface area contributed by atoms with E-state index in [0.717, 1.165) is 19.3 Å². The second kappa shape index (κ2) is 16.4. The lowest BCUT2D eigenvalue weighted by Gasteiger charge is -2.38. The third kappa shape index (κ3) is 12.0. The van der Waals surface area contributed by atoms with Gasteiger partial charge in [-0.2, -0.15) is 0 Å². The number of ketones is 2. The minimum absolute atomic E-state index is 0.0192. The van der Waals surface area contributed by atoms with Crippen molar-refractivity contribution in [2.24, 2.45) is 10.8 Å². The Bertz CT molecular complexity index is 1410. The highest BCUT2D eigenvalue weighted by Gasteiger charge is 2.42. The summed E-state index contributed by atoms with van der Waals surface area (Å²) >= 11 is 0. The van der Waals surface area contributed by atoms with Gasteiger partial charge in [-0.25, -0.2) is 9.59 Å². The van der Waals surface area contributed by atoms with Crippen molar-refractivity contribution in [3.05, 3.63) is 59.7 Å². The number of ether oxygens (including phenoxy) is 2. The van der Waals surface area contributed by atoms with Gasteiger partial charge in [0.1, 0.15) is 17.7 Å². The summed E-state index contributed by atoms with van der Waals surface area (Å²) in [6.07, 6.45) is 4.89. The van der Waals surface area contributed by atoms with Crippen LogP contribution in [0.2, 0.25) is 0 Å². The van der Waals surface area contributed by atoms with Crippen LogP contribution in [0.4, 0.5) is 9.59 Å². The Hall–Kier alpha value is -3.68. The van der Waals surface area contributed by atoms with Crippen LogP contribution in [0.25, 0.3) is 11.1 Å². The smallest absolute Gasteiger partial charge is 0.408 e. The summed E-state index contributed by atoms with van der Waals surface area (Å²) in [4.78, 5) is 49.7. The SMILES string of the molecule is CC(C)(C)CC(=O)C1(NC(=O)OCC2c3ccccc3-c3ccccc32)CCCCC1.CCC(NC(=O)OC(C)(C)C)C(=O)CC(C)(C)C. The van der Waals surface area contributed by atoms with Gasteiger partial charge in [-0.1, -0.05) is 116 Å². The molecule has 0 bridgehead atoms. The lowest BCUT2D eigenvalue weighted by Crippen LogP contribution is -2.56. The molecule has 1 saturated carbocycles. The van der Waals surface area contributed by atoms with Gasteiger partial charge in [0.05, 0.1) is 6.04 Å². The van der Waals surface area contributed by atoms with Gasteiger partial charge in [-0.15, -0.1) is 0 Å². The number of fused-ring (bicyclic) bond motifs is 3. The maximum absolute atomic E-state index is 13.2. The van der Waals surface area contributed by atoms with Crippen LogP contribution in [-0.4, -0.2) is 47.5 Å². The molecule has 2 aromatic rings. The normalized spacial score (nSPS) is 16.2. The number of hydrogen-bond donors (Lipinski definition) is 2. The summed E-state index contributed by atoms with van der Waals surface area (Å²) < 4.78 is 10.9. The van der Waals surface area contributed by atoms with Gasteiger partial charge in [-0.3, -0.25) is 9.59 Å². The van der Waals surface area contributed by atoms with Crippen LogP contribution in [-0.2, 0) is 19.1 Å². The van der Waals surface area contributed by atoms with Crippen LogP contribution in [0.15, 0.2) is 48.5 Å². The van der Waals surface area contributed by atoms with E-state index < -0.39 is 29.4 Å². The Morgan fingerprint density at radius 3 is 1.73 bits per heavy atom. The molecule has 8 nitrogen and oxygen atoms in total. The number of carbonyl (C=O) groups is 4. The largest absolute Gasteiger partial charge is 0.449 e. The maximum Gasteiger partial charge on any atom is 0.408 e. The topological polar surface area (TPSA) is 111 Å². The molecule has 4 rings (SSSR count). The standard InChI is InChI=1S/C27H33NO3.C14H27NO3/c1-26(2,3)17-24(29)27(15-9-4-10-16-27)28-25(30)31-18-23-21-13-7-5-11-19(21)20-12-6-8-14-22(20)23;1-8-10(11(16)9-13(2,3)4)15-12(17)18-14(5,6)7/h5-8,11-14,23H,4,9-10,15-18H2,1-3H3,(H,28,30);10H,8-9H2,1-7H3,(H,15,17). The minimum Gasteiger partial charge on any atom is -0.449 e. The Labute approximate surface area is 294 Å². The van der Waals surface area contributed by atoms with E-state index in [4.69, 9.17) is 9.47 Å². The first kappa shape index (κ1) is 39.8. The molecular weight excluding hydrogens is 616 g/mol. The van der Waals surface area contributed by atoms with Crippen molar-refractivity contribution in [2.75, 3.05) is 6.61 Å². The van der Waals surface area contributed by atoms with Crippen molar-refractivity contribution in [2.45, 2.75) is 144 Å². The first-order valence-electron chi connectivity index (χ1n) is 17.9. The Balaban J connectivity index is 0.000000311. The zero-order chi connectivity index (χ0) is 36.6. The number of benzene rings is 2. The molecule has 0 saturated heterocycles. The number of rotatable bonds is 9. The second-order valence-electron chi connectivity index (χ2n) is 17.1. The molecule has 0 aromatic heterocycles. The predicted octanol–water partition coefficient (Wildman–Crippen LogP) is 9.53. The molecule has 2 aromatic carbocycles. The molecule has 0 aliphatic heterocycles. The molecule has 49 heavy (non-hydrogen) atoms. The highest BCUT2D eigenvalue weighted by Crippen LogP contribution is 2.44. The number of carbonyl (C=O) groups excluding carboxylic acids is 4. The Kier molecular flexibility index (Phi) is 13.3. The fraction of sp³-hybridized carbons (Fsp3) is 0.610. The van der Waals surface area contributed by atoms with Crippen LogP contribution in [0, 0.1) is 10.8 Å². The van der Waals surface area contributed by atoms with Gasteiger partial charge in [0.25, 0.3) is 0 Å². The van der Waals surface area contributed by atoms with Crippen LogP contribution in [0.1, 0.15) is 138 Å². The van der Waals surface area contributed by atoms with Crippen molar-refractivity contribution in [3.63, 3.8) is 0 Å². The molecule has 0 radical (unpaired) electrons. The molecule has 1 atom stereocenters. The first-order chi connectivity index (χ1) is 22.7. The zero-order valence-electron chi connectivity index (χ0n) is 31.6. The van der Waals surface area contributed by atoms with Gasteiger partial charge in [0, 0.05) is 18.8 Å². The van der Waals surface area contributed by atoms with Crippen molar-refractivity contribution < 1.29 is 28.7 Å². The first-order valence-corrected chi connectivity index (χ1v) is 17.9. The summed E-state index contributed by atoms with van der Waals surface area (Å²) in [5, 5.41) is 5.65. The highest BCUT2D eigenvalue weighted by molar-refractivity contribution is 5.92. The van der Waals surface area contributed by atoms with E-state index in [0.29, 0.717) is 32.1 Å². The minimum atomic E-state index is -0.784. The molecule has 0 spiro atoms. The molecule has 1 fully saturated rings. The van der Waals surface area contributed by atoms with Gasteiger partial charge in [0.15, 0.2) is 11.6 Å². The molecule has 2 amide bonds. The third-order valence-electron chi connectivity index (χ3n) is 8.81. The average Bonchev–Trinajstić information content (AvgIpc) is 3.30.